The maximum Gasteiger partial charge on any atom is 0.275 e. The van der Waals surface area contributed by atoms with E-state index in [9.17, 15) is 4.79 Å². The number of amides is 1. The van der Waals surface area contributed by atoms with Crippen LogP contribution in [0.1, 0.15) is 17.4 Å². The largest absolute Gasteiger partial charge is 0.495 e. The average Bonchev–Trinajstić information content (AvgIpc) is 2.49. The SMILES string of the molecule is CCSc1ncc(Br)c(C(=O)Nc2cc(Cl)ccc2OC)n1. The highest BCUT2D eigenvalue weighted by Gasteiger charge is 2.16. The Balaban J connectivity index is 2.29. The van der Waals surface area contributed by atoms with Crippen molar-refractivity contribution in [3.05, 3.63) is 39.6 Å². The maximum atomic E-state index is 12.4. The number of aromatic nitrogens is 2. The fourth-order valence-corrected chi connectivity index (χ4v) is 2.75. The molecule has 0 aliphatic heterocycles. The molecule has 0 aliphatic carbocycles. The molecule has 1 N–H and O–H groups in total. The van der Waals surface area contributed by atoms with Crippen molar-refractivity contribution in [1.82, 2.24) is 9.97 Å². The van der Waals surface area contributed by atoms with Gasteiger partial charge < -0.3 is 10.1 Å². The molecular formula is C14H13BrClN3O2S. The van der Waals surface area contributed by atoms with E-state index in [2.05, 4.69) is 31.2 Å². The van der Waals surface area contributed by atoms with Crippen molar-refractivity contribution < 1.29 is 9.53 Å². The number of anilines is 1. The molecule has 0 saturated carbocycles. The molecule has 0 aliphatic rings. The van der Waals surface area contributed by atoms with Crippen LogP contribution in [0.4, 0.5) is 5.69 Å². The van der Waals surface area contributed by atoms with Gasteiger partial charge in [-0.1, -0.05) is 30.3 Å². The number of methoxy groups -OCH3 is 1. The van der Waals surface area contributed by atoms with Crippen molar-refractivity contribution in [2.45, 2.75) is 12.1 Å². The first-order valence-electron chi connectivity index (χ1n) is 6.35. The molecule has 1 heterocycles. The van der Waals surface area contributed by atoms with Crippen molar-refractivity contribution in [1.29, 1.82) is 0 Å². The number of rotatable bonds is 5. The fourth-order valence-electron chi connectivity index (χ4n) is 1.67. The van der Waals surface area contributed by atoms with Gasteiger partial charge in [-0.05, 0) is 39.9 Å². The second-order valence-electron chi connectivity index (χ2n) is 4.08. The van der Waals surface area contributed by atoms with E-state index in [0.717, 1.165) is 5.75 Å². The molecule has 2 rings (SSSR count). The molecule has 0 bridgehead atoms. The van der Waals surface area contributed by atoms with Gasteiger partial charge in [0.25, 0.3) is 5.91 Å². The molecular weight excluding hydrogens is 390 g/mol. The zero-order valence-electron chi connectivity index (χ0n) is 11.9. The van der Waals surface area contributed by atoms with E-state index in [0.29, 0.717) is 26.1 Å². The highest BCUT2D eigenvalue weighted by Crippen LogP contribution is 2.28. The zero-order valence-corrected chi connectivity index (χ0v) is 15.1. The third-order valence-corrected chi connectivity index (χ3v) is 4.18. The predicted octanol–water partition coefficient (Wildman–Crippen LogP) is 4.27. The van der Waals surface area contributed by atoms with E-state index in [-0.39, 0.29) is 11.6 Å². The Morgan fingerprint density at radius 1 is 1.50 bits per heavy atom. The van der Waals surface area contributed by atoms with Gasteiger partial charge in [-0.25, -0.2) is 9.97 Å². The highest BCUT2D eigenvalue weighted by molar-refractivity contribution is 9.10. The molecule has 0 unspecified atom stereocenters. The Kier molecular flexibility index (Phi) is 6.05. The molecule has 1 amide bonds. The summed E-state index contributed by atoms with van der Waals surface area (Å²) in [6, 6.07) is 4.99. The summed E-state index contributed by atoms with van der Waals surface area (Å²) >= 11 is 10.7. The van der Waals surface area contributed by atoms with Crippen molar-refractivity contribution in [3.8, 4) is 5.75 Å². The molecule has 0 saturated heterocycles. The summed E-state index contributed by atoms with van der Waals surface area (Å²) in [7, 11) is 1.52. The number of hydrogen-bond donors (Lipinski definition) is 1. The van der Waals surface area contributed by atoms with Gasteiger partial charge in [-0.3, -0.25) is 4.79 Å². The number of thioether (sulfide) groups is 1. The minimum atomic E-state index is -0.368. The first-order valence-corrected chi connectivity index (χ1v) is 8.51. The summed E-state index contributed by atoms with van der Waals surface area (Å²) in [5, 5.41) is 3.80. The minimum absolute atomic E-state index is 0.257. The number of carbonyl (C=O) groups excluding carboxylic acids is 1. The number of ether oxygens (including phenoxy) is 1. The second-order valence-corrected chi connectivity index (χ2v) is 6.60. The zero-order chi connectivity index (χ0) is 16.1. The highest BCUT2D eigenvalue weighted by atomic mass is 79.9. The van der Waals surface area contributed by atoms with Crippen LogP contribution in [0.5, 0.6) is 5.75 Å². The van der Waals surface area contributed by atoms with E-state index in [1.807, 2.05) is 6.92 Å². The molecule has 0 spiro atoms. The topological polar surface area (TPSA) is 64.1 Å². The maximum absolute atomic E-state index is 12.4. The van der Waals surface area contributed by atoms with Crippen LogP contribution in [-0.2, 0) is 0 Å². The van der Waals surface area contributed by atoms with Crippen molar-refractivity contribution in [2.24, 2.45) is 0 Å². The van der Waals surface area contributed by atoms with E-state index >= 15 is 0 Å². The van der Waals surface area contributed by atoms with Crippen molar-refractivity contribution in [2.75, 3.05) is 18.2 Å². The summed E-state index contributed by atoms with van der Waals surface area (Å²) in [5.41, 5.74) is 0.739. The molecule has 8 heteroatoms. The first kappa shape index (κ1) is 17.1. The monoisotopic (exact) mass is 401 g/mol. The molecule has 0 fully saturated rings. The standard InChI is InChI=1S/C14H13BrClN3O2S/c1-3-22-14-17-7-9(15)12(19-14)13(20)18-10-6-8(16)4-5-11(10)21-2/h4-7H,3H2,1-2H3,(H,18,20). The van der Waals surface area contributed by atoms with Gasteiger partial charge in [0.15, 0.2) is 5.16 Å². The van der Waals surface area contributed by atoms with Gasteiger partial charge in [-0.15, -0.1) is 0 Å². The number of hydrogen-bond acceptors (Lipinski definition) is 5. The summed E-state index contributed by atoms with van der Waals surface area (Å²) in [4.78, 5) is 20.8. The van der Waals surface area contributed by atoms with Gasteiger partial charge in [0.05, 0.1) is 17.3 Å². The van der Waals surface area contributed by atoms with Crippen LogP contribution in [-0.4, -0.2) is 28.7 Å². The van der Waals surface area contributed by atoms with E-state index in [1.54, 1.807) is 24.4 Å². The van der Waals surface area contributed by atoms with Crippen LogP contribution in [0.25, 0.3) is 0 Å². The van der Waals surface area contributed by atoms with Gasteiger partial charge in [0, 0.05) is 11.2 Å². The lowest BCUT2D eigenvalue weighted by Gasteiger charge is -2.11. The summed E-state index contributed by atoms with van der Waals surface area (Å²) < 4.78 is 5.73. The number of halogens is 2. The van der Waals surface area contributed by atoms with Crippen LogP contribution in [0.2, 0.25) is 5.02 Å². The quantitative estimate of drug-likeness (QED) is 0.598. The van der Waals surface area contributed by atoms with E-state index in [1.165, 1.54) is 18.9 Å². The van der Waals surface area contributed by atoms with Gasteiger partial charge in [-0.2, -0.15) is 0 Å². The van der Waals surface area contributed by atoms with Crippen LogP contribution in [0.15, 0.2) is 34.0 Å². The lowest BCUT2D eigenvalue weighted by atomic mass is 10.2. The smallest absolute Gasteiger partial charge is 0.275 e. The van der Waals surface area contributed by atoms with E-state index < -0.39 is 0 Å². The third-order valence-electron chi connectivity index (χ3n) is 2.62. The van der Waals surface area contributed by atoms with Gasteiger partial charge >= 0.3 is 0 Å². The van der Waals surface area contributed by atoms with Crippen LogP contribution in [0, 0.1) is 0 Å². The Hall–Kier alpha value is -1.31. The average molecular weight is 403 g/mol. The lowest BCUT2D eigenvalue weighted by molar-refractivity contribution is 0.102. The Morgan fingerprint density at radius 3 is 2.95 bits per heavy atom. The molecule has 1 aromatic carbocycles. The first-order chi connectivity index (χ1) is 10.5. The predicted molar refractivity (Wildman–Crippen MR) is 92.1 cm³/mol. The van der Waals surface area contributed by atoms with Crippen LogP contribution in [0.3, 0.4) is 0 Å². The normalized spacial score (nSPS) is 10.4. The van der Waals surface area contributed by atoms with Crippen LogP contribution >= 0.6 is 39.3 Å². The number of nitrogens with one attached hydrogen (secondary N) is 1. The summed E-state index contributed by atoms with van der Waals surface area (Å²) in [6.07, 6.45) is 1.56. The fraction of sp³-hybridized carbons (Fsp3) is 0.214. The van der Waals surface area contributed by atoms with Crippen LogP contribution < -0.4 is 10.1 Å². The number of carbonyl (C=O) groups is 1. The second kappa shape index (κ2) is 7.80. The molecule has 5 nitrogen and oxygen atoms in total. The van der Waals surface area contributed by atoms with Crippen molar-refractivity contribution in [3.63, 3.8) is 0 Å². The Morgan fingerprint density at radius 2 is 2.27 bits per heavy atom. The summed E-state index contributed by atoms with van der Waals surface area (Å²) in [5.74, 6) is 0.976. The molecule has 116 valence electrons. The molecule has 2 aromatic rings. The molecule has 22 heavy (non-hydrogen) atoms. The third kappa shape index (κ3) is 4.12. The van der Waals surface area contributed by atoms with E-state index in [4.69, 9.17) is 16.3 Å². The van der Waals surface area contributed by atoms with Gasteiger partial charge in [0.2, 0.25) is 0 Å². The van der Waals surface area contributed by atoms with Crippen molar-refractivity contribution >= 4 is 50.9 Å². The molecule has 1 aromatic heterocycles. The number of nitrogens with zero attached hydrogens (tertiary/aromatic N) is 2. The molecule has 0 radical (unpaired) electrons. The van der Waals surface area contributed by atoms with Gasteiger partial charge in [0.1, 0.15) is 11.4 Å². The Labute approximate surface area is 146 Å². The summed E-state index contributed by atoms with van der Waals surface area (Å²) in [6.45, 7) is 1.99. The number of benzene rings is 1. The molecule has 0 atom stereocenters. The Bertz CT molecular complexity index is 700. The minimum Gasteiger partial charge on any atom is -0.495 e. The lowest BCUT2D eigenvalue weighted by Crippen LogP contribution is -2.16.